The number of para-hydroxylation sites is 1. The van der Waals surface area contributed by atoms with Gasteiger partial charge in [-0.3, -0.25) is 9.48 Å². The molecule has 4 rings (SSSR count). The van der Waals surface area contributed by atoms with Crippen LogP contribution in [-0.4, -0.2) is 15.7 Å². The zero-order valence-corrected chi connectivity index (χ0v) is 20.5. The molecule has 0 unspecified atom stereocenters. The average Bonchev–Trinajstić information content (AvgIpc) is 3.07. The molecule has 0 radical (unpaired) electrons. The number of aromatic nitrogens is 2. The third-order valence-corrected chi connectivity index (χ3v) is 6.28. The van der Waals surface area contributed by atoms with Gasteiger partial charge < -0.3 is 10.1 Å². The Labute approximate surface area is 202 Å². The zero-order valence-electron chi connectivity index (χ0n) is 18.9. The van der Waals surface area contributed by atoms with Gasteiger partial charge in [0, 0.05) is 5.56 Å². The van der Waals surface area contributed by atoms with E-state index < -0.39 is 0 Å². The topological polar surface area (TPSA) is 56.2 Å². The summed E-state index contributed by atoms with van der Waals surface area (Å²) in [7, 11) is 0. The maximum Gasteiger partial charge on any atom is 0.255 e. The Hall–Kier alpha value is -3.38. The van der Waals surface area contributed by atoms with E-state index in [-0.39, 0.29) is 5.91 Å². The first-order valence-corrected chi connectivity index (χ1v) is 11.6. The number of aryl methyl sites for hydroxylation is 2. The molecule has 0 bridgehead atoms. The van der Waals surface area contributed by atoms with E-state index in [0.717, 1.165) is 32.9 Å². The minimum Gasteiger partial charge on any atom is -0.488 e. The van der Waals surface area contributed by atoms with Gasteiger partial charge in [-0.1, -0.05) is 48.5 Å². The average molecular weight is 504 g/mol. The lowest BCUT2D eigenvalue weighted by Crippen LogP contribution is -2.14. The van der Waals surface area contributed by atoms with Crippen LogP contribution in [0.2, 0.25) is 0 Å². The predicted molar refractivity (Wildman–Crippen MR) is 135 cm³/mol. The van der Waals surface area contributed by atoms with Gasteiger partial charge >= 0.3 is 0 Å². The Morgan fingerprint density at radius 1 is 1.00 bits per heavy atom. The summed E-state index contributed by atoms with van der Waals surface area (Å²) in [6.45, 7) is 7.03. The molecule has 0 spiro atoms. The van der Waals surface area contributed by atoms with Crippen molar-refractivity contribution in [1.82, 2.24) is 9.78 Å². The van der Waals surface area contributed by atoms with E-state index >= 15 is 0 Å². The molecule has 0 saturated heterocycles. The van der Waals surface area contributed by atoms with Gasteiger partial charge in [-0.2, -0.15) is 5.10 Å². The minimum atomic E-state index is -0.167. The fourth-order valence-electron chi connectivity index (χ4n) is 3.69. The van der Waals surface area contributed by atoms with Crippen LogP contribution in [-0.2, 0) is 13.2 Å². The molecule has 6 heteroatoms. The second-order valence-electron chi connectivity index (χ2n) is 8.00. The minimum absolute atomic E-state index is 0.167. The maximum atomic E-state index is 13.0. The van der Waals surface area contributed by atoms with E-state index in [1.54, 1.807) is 6.07 Å². The fraction of sp³-hybridized carbons (Fsp3) is 0.185. The molecule has 0 atom stereocenters. The van der Waals surface area contributed by atoms with Crippen molar-refractivity contribution >= 4 is 27.5 Å². The summed E-state index contributed by atoms with van der Waals surface area (Å²) in [5.74, 6) is 0.596. The highest BCUT2D eigenvalue weighted by Gasteiger charge is 2.16. The largest absolute Gasteiger partial charge is 0.488 e. The number of carbonyl (C=O) groups is 1. The molecule has 4 aromatic rings. The third-order valence-electron chi connectivity index (χ3n) is 5.62. The van der Waals surface area contributed by atoms with Crippen molar-refractivity contribution in [3.8, 4) is 5.75 Å². The molecule has 1 heterocycles. The highest BCUT2D eigenvalue weighted by Crippen LogP contribution is 2.25. The molecular formula is C27H26BrN3O2. The van der Waals surface area contributed by atoms with Crippen molar-refractivity contribution in [2.75, 3.05) is 5.32 Å². The number of hydrogen-bond donors (Lipinski definition) is 1. The van der Waals surface area contributed by atoms with E-state index in [2.05, 4.69) is 45.4 Å². The summed E-state index contributed by atoms with van der Waals surface area (Å²) in [5.41, 5.74) is 6.40. The molecule has 3 aromatic carbocycles. The highest BCUT2D eigenvalue weighted by molar-refractivity contribution is 9.10. The number of nitrogens with zero attached hydrogens (tertiary/aromatic N) is 2. The van der Waals surface area contributed by atoms with Crippen LogP contribution in [0, 0.1) is 20.8 Å². The van der Waals surface area contributed by atoms with Gasteiger partial charge in [0.25, 0.3) is 5.91 Å². The van der Waals surface area contributed by atoms with Crippen molar-refractivity contribution in [3.05, 3.63) is 111 Å². The van der Waals surface area contributed by atoms with Crippen LogP contribution in [0.15, 0.2) is 77.3 Å². The normalized spacial score (nSPS) is 10.8. The smallest absolute Gasteiger partial charge is 0.255 e. The van der Waals surface area contributed by atoms with Crippen LogP contribution in [0.4, 0.5) is 5.69 Å². The Morgan fingerprint density at radius 2 is 1.76 bits per heavy atom. The molecule has 5 nitrogen and oxygen atoms in total. The Kier molecular flexibility index (Phi) is 6.94. The van der Waals surface area contributed by atoms with Crippen molar-refractivity contribution in [3.63, 3.8) is 0 Å². The van der Waals surface area contributed by atoms with Crippen molar-refractivity contribution in [2.24, 2.45) is 0 Å². The molecule has 0 aliphatic carbocycles. The number of amides is 1. The van der Waals surface area contributed by atoms with Crippen molar-refractivity contribution < 1.29 is 9.53 Å². The highest BCUT2D eigenvalue weighted by atomic mass is 79.9. The van der Waals surface area contributed by atoms with E-state index in [1.165, 1.54) is 11.1 Å². The monoisotopic (exact) mass is 503 g/mol. The van der Waals surface area contributed by atoms with Gasteiger partial charge in [0.15, 0.2) is 0 Å². The number of nitrogens with one attached hydrogen (secondary N) is 1. The van der Waals surface area contributed by atoms with Crippen molar-refractivity contribution in [2.45, 2.75) is 33.9 Å². The summed E-state index contributed by atoms with van der Waals surface area (Å²) in [4.78, 5) is 13.0. The standard InChI is InChI=1S/C27H26BrN3O2/c1-18-9-4-5-11-23(18)16-31-20(3)26(19(2)30-31)29-27(32)22-12-8-10-21(15-22)17-33-25-14-7-6-13-24(25)28/h4-15H,16-17H2,1-3H3,(H,29,32). The second kappa shape index (κ2) is 10.0. The molecule has 1 N–H and O–H groups in total. The van der Waals surface area contributed by atoms with Gasteiger partial charge in [0.1, 0.15) is 12.4 Å². The summed E-state index contributed by atoms with van der Waals surface area (Å²) in [5, 5.41) is 7.71. The summed E-state index contributed by atoms with van der Waals surface area (Å²) < 4.78 is 8.73. The van der Waals surface area contributed by atoms with E-state index in [1.807, 2.05) is 73.1 Å². The van der Waals surface area contributed by atoms with E-state index in [0.29, 0.717) is 18.7 Å². The fourth-order valence-corrected chi connectivity index (χ4v) is 4.09. The first kappa shape index (κ1) is 22.8. The lowest BCUT2D eigenvalue weighted by atomic mass is 10.1. The number of anilines is 1. The van der Waals surface area contributed by atoms with E-state index in [9.17, 15) is 4.79 Å². The first-order valence-electron chi connectivity index (χ1n) is 10.8. The maximum absolute atomic E-state index is 13.0. The number of benzene rings is 3. The number of rotatable bonds is 7. The van der Waals surface area contributed by atoms with Crippen LogP contribution in [0.1, 0.15) is 38.4 Å². The van der Waals surface area contributed by atoms with Gasteiger partial charge in [-0.25, -0.2) is 0 Å². The number of carbonyl (C=O) groups excluding carboxylic acids is 1. The van der Waals surface area contributed by atoms with Crippen LogP contribution < -0.4 is 10.1 Å². The molecular weight excluding hydrogens is 478 g/mol. The molecule has 0 aliphatic heterocycles. The first-order chi connectivity index (χ1) is 15.9. The zero-order chi connectivity index (χ0) is 23.4. The molecule has 0 aliphatic rings. The molecule has 1 aromatic heterocycles. The predicted octanol–water partition coefficient (Wildman–Crippen LogP) is 6.45. The molecule has 0 fully saturated rings. The molecule has 33 heavy (non-hydrogen) atoms. The quantitative estimate of drug-likeness (QED) is 0.315. The van der Waals surface area contributed by atoms with Gasteiger partial charge in [-0.05, 0) is 77.7 Å². The van der Waals surface area contributed by atoms with E-state index in [4.69, 9.17) is 4.74 Å². The summed E-state index contributed by atoms with van der Waals surface area (Å²) >= 11 is 3.49. The van der Waals surface area contributed by atoms with Crippen LogP contribution in [0.25, 0.3) is 0 Å². The molecule has 0 saturated carbocycles. The van der Waals surface area contributed by atoms with Gasteiger partial charge in [0.05, 0.1) is 28.1 Å². The van der Waals surface area contributed by atoms with Gasteiger partial charge in [-0.15, -0.1) is 0 Å². The summed E-state index contributed by atoms with van der Waals surface area (Å²) in [6.07, 6.45) is 0. The Morgan fingerprint density at radius 3 is 2.55 bits per heavy atom. The molecule has 1 amide bonds. The van der Waals surface area contributed by atoms with Crippen LogP contribution in [0.5, 0.6) is 5.75 Å². The van der Waals surface area contributed by atoms with Crippen LogP contribution >= 0.6 is 15.9 Å². The second-order valence-corrected chi connectivity index (χ2v) is 8.86. The van der Waals surface area contributed by atoms with Crippen LogP contribution in [0.3, 0.4) is 0 Å². The SMILES string of the molecule is Cc1ccccc1Cn1nc(C)c(NC(=O)c2cccc(COc3ccccc3Br)c2)c1C. The number of ether oxygens (including phenoxy) is 1. The summed E-state index contributed by atoms with van der Waals surface area (Å²) in [6, 6.07) is 23.4. The Bertz CT molecular complexity index is 1300. The number of hydrogen-bond acceptors (Lipinski definition) is 3. The van der Waals surface area contributed by atoms with Crippen molar-refractivity contribution in [1.29, 1.82) is 0 Å². The lowest BCUT2D eigenvalue weighted by Gasteiger charge is -2.11. The van der Waals surface area contributed by atoms with Gasteiger partial charge in [0.2, 0.25) is 0 Å². The third kappa shape index (κ3) is 5.34. The Balaban J connectivity index is 1.47. The lowest BCUT2D eigenvalue weighted by molar-refractivity contribution is 0.102. The molecule has 168 valence electrons. The number of halogens is 1.